The Morgan fingerprint density at radius 1 is 1.33 bits per heavy atom. The molecule has 5 heteroatoms. The van der Waals surface area contributed by atoms with E-state index in [4.69, 9.17) is 0 Å². The van der Waals surface area contributed by atoms with E-state index in [1.807, 2.05) is 25.5 Å². The summed E-state index contributed by atoms with van der Waals surface area (Å²) in [6.07, 6.45) is 0.744. The highest BCUT2D eigenvalue weighted by Crippen LogP contribution is 2.34. The van der Waals surface area contributed by atoms with Crippen molar-refractivity contribution in [2.75, 3.05) is 0 Å². The van der Waals surface area contributed by atoms with Gasteiger partial charge in [-0.2, -0.15) is 5.10 Å². The highest BCUT2D eigenvalue weighted by molar-refractivity contribution is 9.10. The molecule has 0 saturated heterocycles. The molecule has 1 atom stereocenters. The lowest BCUT2D eigenvalue weighted by Crippen LogP contribution is -2.30. The van der Waals surface area contributed by atoms with Gasteiger partial charge in [0, 0.05) is 18.5 Å². The predicted octanol–water partition coefficient (Wildman–Crippen LogP) is 3.95. The molecule has 0 aliphatic heterocycles. The summed E-state index contributed by atoms with van der Waals surface area (Å²) in [6.45, 7) is 6.48. The van der Waals surface area contributed by atoms with Crippen molar-refractivity contribution in [1.29, 1.82) is 0 Å². The zero-order chi connectivity index (χ0) is 15.6. The SMILES string of the molecule is CCn1nc(C)c(Br)c1CC(O)(CC)c1ccccc1F. The molecule has 1 aromatic carbocycles. The lowest BCUT2D eigenvalue weighted by molar-refractivity contribution is 0.0270. The van der Waals surface area contributed by atoms with Crippen LogP contribution in [0.25, 0.3) is 0 Å². The molecule has 21 heavy (non-hydrogen) atoms. The van der Waals surface area contributed by atoms with Crippen LogP contribution in [0.3, 0.4) is 0 Å². The summed E-state index contributed by atoms with van der Waals surface area (Å²) in [5, 5.41) is 15.4. The van der Waals surface area contributed by atoms with Gasteiger partial charge in [0.25, 0.3) is 0 Å². The number of halogens is 2. The van der Waals surface area contributed by atoms with Crippen molar-refractivity contribution in [3.05, 3.63) is 51.5 Å². The quantitative estimate of drug-likeness (QED) is 0.882. The Labute approximate surface area is 132 Å². The van der Waals surface area contributed by atoms with E-state index < -0.39 is 5.60 Å². The van der Waals surface area contributed by atoms with E-state index >= 15 is 0 Å². The van der Waals surface area contributed by atoms with E-state index in [1.54, 1.807) is 18.2 Å². The average molecular weight is 355 g/mol. The molecule has 1 N–H and O–H groups in total. The summed E-state index contributed by atoms with van der Waals surface area (Å²) in [5.41, 5.74) is 0.857. The maximum Gasteiger partial charge on any atom is 0.129 e. The number of aliphatic hydroxyl groups is 1. The summed E-state index contributed by atoms with van der Waals surface area (Å²) in [7, 11) is 0. The van der Waals surface area contributed by atoms with E-state index in [0.29, 0.717) is 24.9 Å². The van der Waals surface area contributed by atoms with Crippen LogP contribution in [0, 0.1) is 12.7 Å². The van der Waals surface area contributed by atoms with Crippen molar-refractivity contribution in [1.82, 2.24) is 9.78 Å². The molecule has 3 nitrogen and oxygen atoms in total. The molecular weight excluding hydrogens is 335 g/mol. The highest BCUT2D eigenvalue weighted by atomic mass is 79.9. The van der Waals surface area contributed by atoms with Gasteiger partial charge in [0.1, 0.15) is 5.82 Å². The van der Waals surface area contributed by atoms with Gasteiger partial charge >= 0.3 is 0 Å². The number of aryl methyl sites for hydroxylation is 2. The monoisotopic (exact) mass is 354 g/mol. The van der Waals surface area contributed by atoms with Crippen molar-refractivity contribution < 1.29 is 9.50 Å². The minimum absolute atomic E-state index is 0.319. The van der Waals surface area contributed by atoms with E-state index in [0.717, 1.165) is 15.9 Å². The molecule has 2 rings (SSSR count). The Morgan fingerprint density at radius 2 is 2.00 bits per heavy atom. The molecule has 0 amide bonds. The number of nitrogens with zero attached hydrogens (tertiary/aromatic N) is 2. The van der Waals surface area contributed by atoms with Gasteiger partial charge in [-0.05, 0) is 42.3 Å². The molecule has 0 spiro atoms. The minimum Gasteiger partial charge on any atom is -0.385 e. The fourth-order valence-electron chi connectivity index (χ4n) is 2.56. The number of hydrogen-bond acceptors (Lipinski definition) is 2. The lowest BCUT2D eigenvalue weighted by atomic mass is 9.86. The zero-order valence-electron chi connectivity index (χ0n) is 12.5. The van der Waals surface area contributed by atoms with Gasteiger partial charge in [-0.25, -0.2) is 4.39 Å². The Bertz CT molecular complexity index is 641. The Hall–Kier alpha value is -1.20. The van der Waals surface area contributed by atoms with Crippen molar-refractivity contribution in [2.24, 2.45) is 0 Å². The molecule has 0 fully saturated rings. The molecule has 2 aromatic rings. The maximum atomic E-state index is 14.1. The maximum absolute atomic E-state index is 14.1. The Balaban J connectivity index is 2.46. The molecule has 114 valence electrons. The van der Waals surface area contributed by atoms with Crippen LogP contribution in [0.1, 0.15) is 37.2 Å². The van der Waals surface area contributed by atoms with Crippen molar-refractivity contribution in [3.8, 4) is 0 Å². The fraction of sp³-hybridized carbons (Fsp3) is 0.438. The van der Waals surface area contributed by atoms with Gasteiger partial charge in [-0.3, -0.25) is 4.68 Å². The van der Waals surface area contributed by atoms with Crippen molar-refractivity contribution >= 4 is 15.9 Å². The number of aromatic nitrogens is 2. The second-order valence-corrected chi connectivity index (χ2v) is 6.00. The van der Waals surface area contributed by atoms with Crippen LogP contribution < -0.4 is 0 Å². The van der Waals surface area contributed by atoms with Crippen LogP contribution in [0.15, 0.2) is 28.7 Å². The summed E-state index contributed by atoms with van der Waals surface area (Å²) in [6, 6.07) is 6.40. The summed E-state index contributed by atoms with van der Waals surface area (Å²) < 4.78 is 16.8. The van der Waals surface area contributed by atoms with Gasteiger partial charge in [0.15, 0.2) is 0 Å². The third-order valence-corrected chi connectivity index (χ3v) is 4.90. The standard InChI is InChI=1S/C16H20BrFN2O/c1-4-16(21,12-8-6-7-9-13(12)18)10-14-15(17)11(3)19-20(14)5-2/h6-9,21H,4-5,10H2,1-3H3. The van der Waals surface area contributed by atoms with Crippen LogP contribution in [0.2, 0.25) is 0 Å². The van der Waals surface area contributed by atoms with Gasteiger partial charge in [-0.1, -0.05) is 25.1 Å². The third-order valence-electron chi connectivity index (χ3n) is 3.87. The second-order valence-electron chi connectivity index (χ2n) is 5.20. The number of benzene rings is 1. The first-order valence-electron chi connectivity index (χ1n) is 7.12. The van der Waals surface area contributed by atoms with Crippen LogP contribution in [-0.4, -0.2) is 14.9 Å². The highest BCUT2D eigenvalue weighted by Gasteiger charge is 2.32. The first-order chi connectivity index (χ1) is 9.92. The van der Waals surface area contributed by atoms with Gasteiger partial charge in [-0.15, -0.1) is 0 Å². The second kappa shape index (κ2) is 6.28. The van der Waals surface area contributed by atoms with Crippen molar-refractivity contribution in [3.63, 3.8) is 0 Å². The average Bonchev–Trinajstić information content (AvgIpc) is 2.75. The van der Waals surface area contributed by atoms with Crippen LogP contribution in [0.5, 0.6) is 0 Å². The first-order valence-corrected chi connectivity index (χ1v) is 7.91. The third kappa shape index (κ3) is 3.04. The van der Waals surface area contributed by atoms with E-state index in [9.17, 15) is 9.50 Å². The minimum atomic E-state index is -1.24. The zero-order valence-corrected chi connectivity index (χ0v) is 14.1. The van der Waals surface area contributed by atoms with Crippen LogP contribution >= 0.6 is 15.9 Å². The van der Waals surface area contributed by atoms with E-state index in [2.05, 4.69) is 21.0 Å². The van der Waals surface area contributed by atoms with Gasteiger partial charge < -0.3 is 5.11 Å². The summed E-state index contributed by atoms with van der Waals surface area (Å²) in [4.78, 5) is 0. The molecule has 1 aromatic heterocycles. The van der Waals surface area contributed by atoms with Gasteiger partial charge in [0.2, 0.25) is 0 Å². The van der Waals surface area contributed by atoms with Crippen molar-refractivity contribution in [2.45, 2.75) is 45.8 Å². The predicted molar refractivity (Wildman–Crippen MR) is 84.6 cm³/mol. The fourth-order valence-corrected chi connectivity index (χ4v) is 2.99. The number of hydrogen-bond donors (Lipinski definition) is 1. The Kier molecular flexibility index (Phi) is 4.84. The normalized spacial score (nSPS) is 14.2. The summed E-state index contributed by atoms with van der Waals surface area (Å²) in [5.74, 6) is -0.378. The first kappa shape index (κ1) is 16.2. The molecule has 0 aliphatic rings. The molecule has 1 unspecified atom stereocenters. The van der Waals surface area contributed by atoms with Crippen LogP contribution in [-0.2, 0) is 18.6 Å². The molecule has 1 heterocycles. The lowest BCUT2D eigenvalue weighted by Gasteiger charge is -2.28. The van der Waals surface area contributed by atoms with Crippen LogP contribution in [0.4, 0.5) is 4.39 Å². The molecule has 0 radical (unpaired) electrons. The Morgan fingerprint density at radius 3 is 2.57 bits per heavy atom. The molecule has 0 saturated carbocycles. The van der Waals surface area contributed by atoms with E-state index in [1.165, 1.54) is 6.07 Å². The topological polar surface area (TPSA) is 38.0 Å². The van der Waals surface area contributed by atoms with E-state index in [-0.39, 0.29) is 5.82 Å². The molecule has 0 bridgehead atoms. The summed E-state index contributed by atoms with van der Waals surface area (Å²) >= 11 is 3.53. The molecule has 0 aliphatic carbocycles. The van der Waals surface area contributed by atoms with Gasteiger partial charge in [0.05, 0.1) is 21.5 Å². The number of rotatable bonds is 5. The molecular formula is C16H20BrFN2O. The smallest absolute Gasteiger partial charge is 0.129 e. The largest absolute Gasteiger partial charge is 0.385 e.